The Balaban J connectivity index is 2.05. The highest BCUT2D eigenvalue weighted by molar-refractivity contribution is 6.46. The number of carbonyl (C=O) groups excluding carboxylic acids is 2. The Morgan fingerprint density at radius 3 is 2.34 bits per heavy atom. The maximum atomic E-state index is 12.8. The Morgan fingerprint density at radius 1 is 1.07 bits per heavy atom. The van der Waals surface area contributed by atoms with Gasteiger partial charge in [-0.25, -0.2) is 0 Å². The highest BCUT2D eigenvalue weighted by atomic mass is 35.5. The van der Waals surface area contributed by atoms with E-state index >= 15 is 0 Å². The number of Topliss-reactive ketones (excluding diaryl/α,β-unsaturated/α-hetero) is 1. The summed E-state index contributed by atoms with van der Waals surface area (Å²) < 4.78 is 5.28. The Kier molecular flexibility index (Phi) is 6.69. The first-order valence-electron chi connectivity index (χ1n) is 9.23. The highest BCUT2D eigenvalue weighted by Crippen LogP contribution is 2.39. The largest absolute Gasteiger partial charge is 0.507 e. The second-order valence-electron chi connectivity index (χ2n) is 6.75. The van der Waals surface area contributed by atoms with Crippen molar-refractivity contribution in [1.82, 2.24) is 4.90 Å². The van der Waals surface area contributed by atoms with Crippen LogP contribution < -0.4 is 0 Å². The third-order valence-corrected chi connectivity index (χ3v) is 5.01. The average Bonchev–Trinajstić information content (AvgIpc) is 2.96. The molecule has 0 aliphatic carbocycles. The number of likely N-dealkylation sites (tertiary alicyclic amines) is 1. The number of hydrogen-bond donors (Lipinski definition) is 2. The number of ether oxygens (including phenoxy) is 1. The third kappa shape index (κ3) is 4.50. The Morgan fingerprint density at radius 2 is 1.72 bits per heavy atom. The molecule has 1 amide bonds. The molecule has 6 nitrogen and oxygen atoms in total. The quantitative estimate of drug-likeness (QED) is 0.314. The number of aliphatic hydroxyl groups is 2. The molecule has 0 radical (unpaired) electrons. The van der Waals surface area contributed by atoms with E-state index < -0.39 is 17.7 Å². The molecule has 1 aliphatic rings. The van der Waals surface area contributed by atoms with Crippen molar-refractivity contribution in [3.63, 3.8) is 0 Å². The molecule has 0 aromatic heterocycles. The van der Waals surface area contributed by atoms with E-state index in [4.69, 9.17) is 21.4 Å². The Hall–Kier alpha value is -2.67. The van der Waals surface area contributed by atoms with E-state index in [1.165, 1.54) is 4.90 Å². The number of aliphatic hydroxyl groups excluding tert-OH is 2. The molecule has 7 heteroatoms. The van der Waals surface area contributed by atoms with Gasteiger partial charge in [0.2, 0.25) is 0 Å². The molecule has 152 valence electrons. The zero-order chi connectivity index (χ0) is 21.0. The monoisotopic (exact) mass is 415 g/mol. The van der Waals surface area contributed by atoms with E-state index in [2.05, 4.69) is 0 Å². The molecule has 2 N–H and O–H groups in total. The Labute approximate surface area is 174 Å². The first-order valence-corrected chi connectivity index (χ1v) is 9.61. The standard InChI is InChI=1S/C22H22ClNO5/c1-14-2-4-15(5-3-14)19-18(20(26)16-6-8-17(23)9-7-16)21(27)22(28)24(19)10-12-29-13-11-25/h2-9,19,25-26H,10-13H2,1H3. The summed E-state index contributed by atoms with van der Waals surface area (Å²) in [4.78, 5) is 26.9. The molecule has 2 aromatic carbocycles. The molecule has 0 spiro atoms. The zero-order valence-electron chi connectivity index (χ0n) is 16.0. The van der Waals surface area contributed by atoms with Crippen molar-refractivity contribution in [2.45, 2.75) is 13.0 Å². The first-order chi connectivity index (χ1) is 13.9. The van der Waals surface area contributed by atoms with Crippen LogP contribution in [0.15, 0.2) is 54.1 Å². The van der Waals surface area contributed by atoms with Gasteiger partial charge in [-0.1, -0.05) is 41.4 Å². The van der Waals surface area contributed by atoms with Crippen molar-refractivity contribution in [2.75, 3.05) is 26.4 Å². The van der Waals surface area contributed by atoms with Crippen LogP contribution in [0, 0.1) is 6.92 Å². The minimum absolute atomic E-state index is 0.0309. The van der Waals surface area contributed by atoms with Gasteiger partial charge >= 0.3 is 0 Å². The molecule has 1 fully saturated rings. The lowest BCUT2D eigenvalue weighted by Crippen LogP contribution is -2.33. The van der Waals surface area contributed by atoms with Crippen LogP contribution in [0.25, 0.3) is 5.76 Å². The third-order valence-electron chi connectivity index (χ3n) is 4.76. The normalized spacial score (nSPS) is 18.4. The molecule has 1 heterocycles. The lowest BCUT2D eigenvalue weighted by molar-refractivity contribution is -0.140. The minimum Gasteiger partial charge on any atom is -0.507 e. The molecule has 0 bridgehead atoms. The molecule has 1 aliphatic heterocycles. The number of rotatable bonds is 7. The molecular formula is C22H22ClNO5. The van der Waals surface area contributed by atoms with E-state index in [0.717, 1.165) is 5.56 Å². The van der Waals surface area contributed by atoms with Crippen LogP contribution in [0.2, 0.25) is 5.02 Å². The number of nitrogens with zero attached hydrogens (tertiary/aromatic N) is 1. The van der Waals surface area contributed by atoms with Gasteiger partial charge in [-0.15, -0.1) is 0 Å². The van der Waals surface area contributed by atoms with E-state index in [1.54, 1.807) is 24.3 Å². The van der Waals surface area contributed by atoms with Crippen molar-refractivity contribution in [2.24, 2.45) is 0 Å². The number of halogens is 1. The van der Waals surface area contributed by atoms with Crippen LogP contribution in [-0.2, 0) is 14.3 Å². The average molecular weight is 416 g/mol. The maximum absolute atomic E-state index is 12.8. The second kappa shape index (κ2) is 9.22. The van der Waals surface area contributed by atoms with Crippen molar-refractivity contribution in [3.05, 3.63) is 75.8 Å². The fourth-order valence-electron chi connectivity index (χ4n) is 3.30. The lowest BCUT2D eigenvalue weighted by atomic mass is 9.95. The predicted molar refractivity (Wildman–Crippen MR) is 110 cm³/mol. The van der Waals surface area contributed by atoms with Gasteiger partial charge in [-0.05, 0) is 36.8 Å². The second-order valence-corrected chi connectivity index (χ2v) is 7.18. The number of benzene rings is 2. The van der Waals surface area contributed by atoms with Crippen molar-refractivity contribution in [3.8, 4) is 0 Å². The molecule has 1 unspecified atom stereocenters. The summed E-state index contributed by atoms with van der Waals surface area (Å²) in [7, 11) is 0. The smallest absolute Gasteiger partial charge is 0.295 e. The minimum atomic E-state index is -0.745. The van der Waals surface area contributed by atoms with Gasteiger partial charge < -0.3 is 19.8 Å². The number of hydrogen-bond acceptors (Lipinski definition) is 5. The molecule has 1 saturated heterocycles. The molecule has 0 saturated carbocycles. The topological polar surface area (TPSA) is 87.1 Å². The van der Waals surface area contributed by atoms with Gasteiger partial charge in [-0.3, -0.25) is 9.59 Å². The van der Waals surface area contributed by atoms with Crippen LogP contribution in [0.3, 0.4) is 0 Å². The van der Waals surface area contributed by atoms with Gasteiger partial charge in [0, 0.05) is 17.1 Å². The van der Waals surface area contributed by atoms with Crippen LogP contribution in [0.1, 0.15) is 22.7 Å². The number of carbonyl (C=O) groups is 2. The number of aryl methyl sites for hydroxylation is 1. The van der Waals surface area contributed by atoms with Gasteiger partial charge in [0.25, 0.3) is 11.7 Å². The summed E-state index contributed by atoms with van der Waals surface area (Å²) >= 11 is 5.91. The molecule has 29 heavy (non-hydrogen) atoms. The Bertz CT molecular complexity index is 921. The molecule has 3 rings (SSSR count). The van der Waals surface area contributed by atoms with Crippen molar-refractivity contribution < 1.29 is 24.5 Å². The number of amides is 1. The summed E-state index contributed by atoms with van der Waals surface area (Å²) in [6, 6.07) is 13.1. The first kappa shape index (κ1) is 21.0. The summed E-state index contributed by atoms with van der Waals surface area (Å²) in [6.45, 7) is 2.27. The van der Waals surface area contributed by atoms with Gasteiger partial charge in [0.15, 0.2) is 0 Å². The van der Waals surface area contributed by atoms with Crippen LogP contribution >= 0.6 is 11.6 Å². The summed E-state index contributed by atoms with van der Waals surface area (Å²) in [5.41, 5.74) is 2.19. The van der Waals surface area contributed by atoms with Gasteiger partial charge in [-0.2, -0.15) is 0 Å². The fraction of sp³-hybridized carbons (Fsp3) is 0.273. The van der Waals surface area contributed by atoms with Crippen molar-refractivity contribution in [1.29, 1.82) is 0 Å². The molecular weight excluding hydrogens is 394 g/mol. The van der Waals surface area contributed by atoms with E-state index in [-0.39, 0.29) is 37.7 Å². The fourth-order valence-corrected chi connectivity index (χ4v) is 3.42. The molecule has 2 aromatic rings. The lowest BCUT2D eigenvalue weighted by Gasteiger charge is -2.25. The van der Waals surface area contributed by atoms with Crippen LogP contribution in [-0.4, -0.2) is 53.2 Å². The summed E-state index contributed by atoms with van der Waals surface area (Å²) in [6.07, 6.45) is 0. The van der Waals surface area contributed by atoms with Gasteiger partial charge in [0.1, 0.15) is 5.76 Å². The van der Waals surface area contributed by atoms with E-state index in [1.807, 2.05) is 31.2 Å². The van der Waals surface area contributed by atoms with Crippen molar-refractivity contribution >= 4 is 29.1 Å². The SMILES string of the molecule is Cc1ccc(C2C(=C(O)c3ccc(Cl)cc3)C(=O)C(=O)N2CCOCCO)cc1. The van der Waals surface area contributed by atoms with E-state index in [0.29, 0.717) is 16.1 Å². The molecule has 1 atom stereocenters. The zero-order valence-corrected chi connectivity index (χ0v) is 16.7. The summed E-state index contributed by atoms with van der Waals surface area (Å²) in [5, 5.41) is 20.2. The van der Waals surface area contributed by atoms with Gasteiger partial charge in [0.05, 0.1) is 31.4 Å². The maximum Gasteiger partial charge on any atom is 0.295 e. The van der Waals surface area contributed by atoms with Crippen LogP contribution in [0.4, 0.5) is 0 Å². The predicted octanol–water partition coefficient (Wildman–Crippen LogP) is 3.08. The van der Waals surface area contributed by atoms with E-state index in [9.17, 15) is 14.7 Å². The number of ketones is 1. The summed E-state index contributed by atoms with van der Waals surface area (Å²) in [5.74, 6) is -1.69. The highest BCUT2D eigenvalue weighted by Gasteiger charge is 2.45. The van der Waals surface area contributed by atoms with Crippen LogP contribution in [0.5, 0.6) is 0 Å².